The Hall–Kier alpha value is -1.26. The standard InChI is InChI=1S/C24H41N5O2.HI/c1-5-9-28-10-6-19(7-11-28)16-26-24(25-2)27-21-8-12-29(18-21)17-20-13-22(30-3)15-23(14-20)31-4;/h13-15,19,21H,5-12,16-18H2,1-4H3,(H2,25,26,27);1H. The fourth-order valence-corrected chi connectivity index (χ4v) is 4.67. The molecular formula is C24H42IN5O2. The molecule has 2 aliphatic heterocycles. The van der Waals surface area contributed by atoms with Crippen LogP contribution in [-0.4, -0.2) is 82.3 Å². The second-order valence-corrected chi connectivity index (χ2v) is 8.82. The number of nitrogens with one attached hydrogen (secondary N) is 2. The molecule has 1 aromatic carbocycles. The number of halogens is 1. The van der Waals surface area contributed by atoms with Crippen LogP contribution in [0.25, 0.3) is 0 Å². The molecule has 0 saturated carbocycles. The number of hydrogen-bond acceptors (Lipinski definition) is 5. The van der Waals surface area contributed by atoms with Crippen LogP contribution in [0.3, 0.4) is 0 Å². The molecule has 2 fully saturated rings. The summed E-state index contributed by atoms with van der Waals surface area (Å²) < 4.78 is 10.8. The minimum Gasteiger partial charge on any atom is -0.497 e. The van der Waals surface area contributed by atoms with E-state index in [1.165, 1.54) is 44.5 Å². The van der Waals surface area contributed by atoms with Gasteiger partial charge in [-0.05, 0) is 68.9 Å². The van der Waals surface area contributed by atoms with E-state index in [-0.39, 0.29) is 24.0 Å². The Morgan fingerprint density at radius 1 is 1.03 bits per heavy atom. The van der Waals surface area contributed by atoms with Gasteiger partial charge in [-0.1, -0.05) is 6.92 Å². The maximum absolute atomic E-state index is 5.41. The van der Waals surface area contributed by atoms with Crippen LogP contribution in [0.15, 0.2) is 23.2 Å². The van der Waals surface area contributed by atoms with Crippen LogP contribution in [0.2, 0.25) is 0 Å². The molecule has 7 nitrogen and oxygen atoms in total. The Bertz CT molecular complexity index is 687. The molecule has 0 radical (unpaired) electrons. The maximum atomic E-state index is 5.41. The van der Waals surface area contributed by atoms with E-state index in [1.54, 1.807) is 14.2 Å². The second kappa shape index (κ2) is 14.1. The first kappa shape index (κ1) is 27.0. The molecule has 0 aliphatic carbocycles. The van der Waals surface area contributed by atoms with Crippen LogP contribution in [0.4, 0.5) is 0 Å². The zero-order valence-electron chi connectivity index (χ0n) is 20.2. The Balaban J connectivity index is 0.00000363. The van der Waals surface area contributed by atoms with Gasteiger partial charge in [0.1, 0.15) is 11.5 Å². The van der Waals surface area contributed by atoms with Gasteiger partial charge in [-0.3, -0.25) is 9.89 Å². The highest BCUT2D eigenvalue weighted by molar-refractivity contribution is 14.0. The first-order valence-corrected chi connectivity index (χ1v) is 11.8. The zero-order valence-corrected chi connectivity index (χ0v) is 22.6. The number of rotatable bonds is 9. The van der Waals surface area contributed by atoms with Gasteiger partial charge in [0.15, 0.2) is 5.96 Å². The van der Waals surface area contributed by atoms with Crippen molar-refractivity contribution < 1.29 is 9.47 Å². The van der Waals surface area contributed by atoms with Gasteiger partial charge in [0.2, 0.25) is 0 Å². The van der Waals surface area contributed by atoms with Gasteiger partial charge < -0.3 is 25.0 Å². The summed E-state index contributed by atoms with van der Waals surface area (Å²) in [6.07, 6.45) is 4.94. The van der Waals surface area contributed by atoms with E-state index in [4.69, 9.17) is 9.47 Å². The number of ether oxygens (including phenoxy) is 2. The predicted octanol–water partition coefficient (Wildman–Crippen LogP) is 3.18. The fraction of sp³-hybridized carbons (Fsp3) is 0.708. The first-order valence-electron chi connectivity index (χ1n) is 11.8. The molecule has 32 heavy (non-hydrogen) atoms. The molecule has 1 aromatic rings. The van der Waals surface area contributed by atoms with Gasteiger partial charge in [0.25, 0.3) is 0 Å². The number of hydrogen-bond donors (Lipinski definition) is 2. The number of likely N-dealkylation sites (tertiary alicyclic amines) is 2. The highest BCUT2D eigenvalue weighted by Gasteiger charge is 2.24. The molecule has 8 heteroatoms. The Kier molecular flexibility index (Phi) is 11.9. The molecule has 1 atom stereocenters. The van der Waals surface area contributed by atoms with E-state index < -0.39 is 0 Å². The quantitative estimate of drug-likeness (QED) is 0.276. The van der Waals surface area contributed by atoms with E-state index >= 15 is 0 Å². The molecule has 0 amide bonds. The summed E-state index contributed by atoms with van der Waals surface area (Å²) in [7, 11) is 5.26. The monoisotopic (exact) mass is 559 g/mol. The molecule has 0 aromatic heterocycles. The molecular weight excluding hydrogens is 517 g/mol. The normalized spacial score (nSPS) is 20.6. The average molecular weight is 560 g/mol. The van der Waals surface area contributed by atoms with Gasteiger partial charge in [-0.2, -0.15) is 0 Å². The molecule has 2 heterocycles. The van der Waals surface area contributed by atoms with Crippen molar-refractivity contribution in [1.82, 2.24) is 20.4 Å². The Morgan fingerprint density at radius 2 is 1.69 bits per heavy atom. The van der Waals surface area contributed by atoms with Crippen molar-refractivity contribution in [2.24, 2.45) is 10.9 Å². The van der Waals surface area contributed by atoms with Crippen molar-refractivity contribution in [3.63, 3.8) is 0 Å². The van der Waals surface area contributed by atoms with Gasteiger partial charge in [-0.25, -0.2) is 0 Å². The third kappa shape index (κ3) is 8.26. The molecule has 1 unspecified atom stereocenters. The lowest BCUT2D eigenvalue weighted by Crippen LogP contribution is -2.47. The van der Waals surface area contributed by atoms with Crippen molar-refractivity contribution in [3.8, 4) is 11.5 Å². The van der Waals surface area contributed by atoms with E-state index in [0.717, 1.165) is 56.0 Å². The molecule has 2 N–H and O–H groups in total. The number of guanidine groups is 1. The average Bonchev–Trinajstić information content (AvgIpc) is 3.24. The lowest BCUT2D eigenvalue weighted by molar-refractivity contribution is 0.185. The van der Waals surface area contributed by atoms with Gasteiger partial charge >= 0.3 is 0 Å². The molecule has 3 rings (SSSR count). The van der Waals surface area contributed by atoms with E-state index in [2.05, 4.69) is 44.5 Å². The van der Waals surface area contributed by atoms with Crippen molar-refractivity contribution in [2.75, 3.05) is 60.5 Å². The topological polar surface area (TPSA) is 61.4 Å². The highest BCUT2D eigenvalue weighted by Crippen LogP contribution is 2.24. The Labute approximate surface area is 211 Å². The molecule has 2 saturated heterocycles. The van der Waals surface area contributed by atoms with Crippen molar-refractivity contribution in [1.29, 1.82) is 0 Å². The summed E-state index contributed by atoms with van der Waals surface area (Å²) in [5, 5.41) is 7.21. The smallest absolute Gasteiger partial charge is 0.191 e. The summed E-state index contributed by atoms with van der Waals surface area (Å²) >= 11 is 0. The highest BCUT2D eigenvalue weighted by atomic mass is 127. The number of methoxy groups -OCH3 is 2. The van der Waals surface area contributed by atoms with Gasteiger partial charge in [0.05, 0.1) is 14.2 Å². The van der Waals surface area contributed by atoms with Crippen molar-refractivity contribution >= 4 is 29.9 Å². The minimum atomic E-state index is 0. The van der Waals surface area contributed by atoms with Crippen LogP contribution < -0.4 is 20.1 Å². The first-order chi connectivity index (χ1) is 15.1. The summed E-state index contributed by atoms with van der Waals surface area (Å²) in [6, 6.07) is 6.52. The third-order valence-corrected chi connectivity index (χ3v) is 6.46. The summed E-state index contributed by atoms with van der Waals surface area (Å²) in [4.78, 5) is 9.53. The lowest BCUT2D eigenvalue weighted by atomic mass is 9.97. The molecule has 0 spiro atoms. The van der Waals surface area contributed by atoms with E-state index in [0.29, 0.717) is 6.04 Å². The minimum absolute atomic E-state index is 0. The van der Waals surface area contributed by atoms with Crippen LogP contribution in [0.5, 0.6) is 11.5 Å². The van der Waals surface area contributed by atoms with Gasteiger partial charge in [-0.15, -0.1) is 24.0 Å². The summed E-state index contributed by atoms with van der Waals surface area (Å²) in [5.74, 6) is 3.36. The molecule has 182 valence electrons. The maximum Gasteiger partial charge on any atom is 0.191 e. The number of benzene rings is 1. The van der Waals surface area contributed by atoms with Crippen molar-refractivity contribution in [3.05, 3.63) is 23.8 Å². The van der Waals surface area contributed by atoms with E-state index in [1.807, 2.05) is 13.1 Å². The van der Waals surface area contributed by atoms with Crippen LogP contribution in [-0.2, 0) is 6.54 Å². The number of nitrogens with zero attached hydrogens (tertiary/aromatic N) is 3. The fourth-order valence-electron chi connectivity index (χ4n) is 4.67. The van der Waals surface area contributed by atoms with Crippen LogP contribution >= 0.6 is 24.0 Å². The van der Waals surface area contributed by atoms with Crippen molar-refractivity contribution in [2.45, 2.75) is 45.2 Å². The summed E-state index contributed by atoms with van der Waals surface area (Å²) in [6.45, 7) is 9.97. The van der Waals surface area contributed by atoms with Crippen LogP contribution in [0.1, 0.15) is 38.2 Å². The lowest BCUT2D eigenvalue weighted by Gasteiger charge is -2.32. The molecule has 0 bridgehead atoms. The third-order valence-electron chi connectivity index (χ3n) is 6.46. The molecule has 2 aliphatic rings. The second-order valence-electron chi connectivity index (χ2n) is 8.82. The number of piperidine rings is 1. The predicted molar refractivity (Wildman–Crippen MR) is 143 cm³/mol. The summed E-state index contributed by atoms with van der Waals surface area (Å²) in [5.41, 5.74) is 1.22. The van der Waals surface area contributed by atoms with Gasteiger partial charge in [0, 0.05) is 45.3 Å². The zero-order chi connectivity index (χ0) is 22.1. The largest absolute Gasteiger partial charge is 0.497 e. The number of aliphatic imine (C=N–C) groups is 1. The SMILES string of the molecule is CCCN1CCC(CNC(=NC)NC2CCN(Cc3cc(OC)cc(OC)c3)C2)CC1.I. The van der Waals surface area contributed by atoms with Crippen LogP contribution in [0, 0.1) is 5.92 Å². The van der Waals surface area contributed by atoms with E-state index in [9.17, 15) is 0 Å². The Morgan fingerprint density at radius 3 is 2.28 bits per heavy atom.